The summed E-state index contributed by atoms with van der Waals surface area (Å²) < 4.78 is 0. The van der Waals surface area contributed by atoms with E-state index in [2.05, 4.69) is 63.3 Å². The van der Waals surface area contributed by atoms with E-state index in [1.165, 1.54) is 21.6 Å². The molecule has 0 unspecified atom stereocenters. The van der Waals surface area contributed by atoms with Gasteiger partial charge in [0.15, 0.2) is 0 Å². The van der Waals surface area contributed by atoms with E-state index in [0.29, 0.717) is 5.92 Å². The molecule has 2 rings (SSSR count). The van der Waals surface area contributed by atoms with Gasteiger partial charge in [0.2, 0.25) is 5.91 Å². The highest BCUT2D eigenvalue weighted by Crippen LogP contribution is 2.31. The Labute approximate surface area is 150 Å². The number of para-hydroxylation sites is 1. The summed E-state index contributed by atoms with van der Waals surface area (Å²) in [5.74, 6) is 0.430. The Morgan fingerprint density at radius 2 is 1.71 bits per heavy atom. The van der Waals surface area contributed by atoms with Gasteiger partial charge in [0.1, 0.15) is 0 Å². The molecule has 2 nitrogen and oxygen atoms in total. The first-order valence-electron chi connectivity index (χ1n) is 8.44. The van der Waals surface area contributed by atoms with Crippen LogP contribution in [0.3, 0.4) is 0 Å². The molecule has 24 heavy (non-hydrogen) atoms. The van der Waals surface area contributed by atoms with Gasteiger partial charge in [-0.25, -0.2) is 0 Å². The number of nitrogens with one attached hydrogen (secondary N) is 1. The number of hydrogen-bond donors (Lipinski definition) is 1. The zero-order valence-electron chi connectivity index (χ0n) is 15.4. The van der Waals surface area contributed by atoms with Gasteiger partial charge in [-0.3, -0.25) is 4.79 Å². The fourth-order valence-electron chi connectivity index (χ4n) is 2.65. The lowest BCUT2D eigenvalue weighted by Crippen LogP contribution is -2.23. The number of hydrogen-bond acceptors (Lipinski definition) is 2. The molecule has 1 N–H and O–H groups in total. The molecular weight excluding hydrogens is 314 g/mol. The molecule has 3 heteroatoms. The summed E-state index contributed by atoms with van der Waals surface area (Å²) in [6.07, 6.45) is 0. The Morgan fingerprint density at radius 1 is 1.00 bits per heavy atom. The molecule has 0 fully saturated rings. The third kappa shape index (κ3) is 4.41. The van der Waals surface area contributed by atoms with Gasteiger partial charge in [0.05, 0.1) is 5.25 Å². The standard InChI is InChI=1S/C21H27NOS/c1-13(2)18-9-7-8-16(5)20(18)22-21(23)17(6)24-19-12-14(3)10-11-15(19)4/h7-13,17H,1-6H3,(H,22,23)/t17-/m0/s1. The molecule has 0 aliphatic carbocycles. The molecular formula is C21H27NOS. The second-order valence-corrected chi connectivity index (χ2v) is 8.09. The van der Waals surface area contributed by atoms with E-state index in [4.69, 9.17) is 0 Å². The van der Waals surface area contributed by atoms with Crippen LogP contribution >= 0.6 is 11.8 Å². The van der Waals surface area contributed by atoms with E-state index < -0.39 is 0 Å². The quantitative estimate of drug-likeness (QED) is 0.691. The topological polar surface area (TPSA) is 29.1 Å². The van der Waals surface area contributed by atoms with E-state index in [9.17, 15) is 4.79 Å². The molecule has 0 bridgehead atoms. The van der Waals surface area contributed by atoms with Gasteiger partial charge in [-0.2, -0.15) is 0 Å². The monoisotopic (exact) mass is 341 g/mol. The van der Waals surface area contributed by atoms with E-state index in [1.807, 2.05) is 19.9 Å². The Kier molecular flexibility index (Phi) is 6.11. The molecule has 0 aliphatic heterocycles. The molecule has 2 aromatic rings. The van der Waals surface area contributed by atoms with Crippen LogP contribution in [0.1, 0.15) is 48.9 Å². The summed E-state index contributed by atoms with van der Waals surface area (Å²) >= 11 is 1.62. The maximum Gasteiger partial charge on any atom is 0.237 e. The summed E-state index contributed by atoms with van der Waals surface area (Å²) in [7, 11) is 0. The van der Waals surface area contributed by atoms with Crippen LogP contribution in [0.2, 0.25) is 0 Å². The van der Waals surface area contributed by atoms with Crippen molar-refractivity contribution in [2.45, 2.75) is 57.6 Å². The van der Waals surface area contributed by atoms with Crippen molar-refractivity contribution < 1.29 is 4.79 Å². The van der Waals surface area contributed by atoms with E-state index in [0.717, 1.165) is 11.3 Å². The average Bonchev–Trinajstić information content (AvgIpc) is 2.52. The van der Waals surface area contributed by atoms with Crippen molar-refractivity contribution in [3.05, 3.63) is 58.7 Å². The third-order valence-corrected chi connectivity index (χ3v) is 5.45. The highest BCUT2D eigenvalue weighted by Gasteiger charge is 2.18. The molecule has 0 spiro atoms. The molecule has 0 saturated carbocycles. The first-order chi connectivity index (χ1) is 11.3. The molecule has 0 heterocycles. The highest BCUT2D eigenvalue weighted by atomic mass is 32.2. The molecule has 2 aromatic carbocycles. The van der Waals surface area contributed by atoms with Crippen LogP contribution < -0.4 is 5.32 Å². The van der Waals surface area contributed by atoms with E-state index in [1.54, 1.807) is 11.8 Å². The van der Waals surface area contributed by atoms with Crippen LogP contribution in [0.25, 0.3) is 0 Å². The number of carbonyl (C=O) groups excluding carboxylic acids is 1. The number of thioether (sulfide) groups is 1. The van der Waals surface area contributed by atoms with Crippen LogP contribution in [0.5, 0.6) is 0 Å². The zero-order valence-corrected chi connectivity index (χ0v) is 16.3. The first-order valence-corrected chi connectivity index (χ1v) is 9.32. The molecule has 0 saturated heterocycles. The minimum atomic E-state index is -0.148. The molecule has 1 atom stereocenters. The highest BCUT2D eigenvalue weighted by molar-refractivity contribution is 8.00. The summed E-state index contributed by atoms with van der Waals surface area (Å²) in [5.41, 5.74) is 5.69. The summed E-state index contributed by atoms with van der Waals surface area (Å²) in [6.45, 7) is 12.5. The van der Waals surface area contributed by atoms with Crippen LogP contribution in [0.4, 0.5) is 5.69 Å². The summed E-state index contributed by atoms with van der Waals surface area (Å²) in [4.78, 5) is 13.9. The lowest BCUT2D eigenvalue weighted by Gasteiger charge is -2.19. The van der Waals surface area contributed by atoms with Crippen LogP contribution in [-0.4, -0.2) is 11.2 Å². The largest absolute Gasteiger partial charge is 0.325 e. The van der Waals surface area contributed by atoms with E-state index in [-0.39, 0.29) is 11.2 Å². The fraction of sp³-hybridized carbons (Fsp3) is 0.381. The number of amides is 1. The van der Waals surface area contributed by atoms with Crippen molar-refractivity contribution in [2.75, 3.05) is 5.32 Å². The Morgan fingerprint density at radius 3 is 2.38 bits per heavy atom. The van der Waals surface area contributed by atoms with E-state index >= 15 is 0 Å². The van der Waals surface area contributed by atoms with Crippen molar-refractivity contribution in [1.29, 1.82) is 0 Å². The van der Waals surface area contributed by atoms with Crippen molar-refractivity contribution in [3.63, 3.8) is 0 Å². The normalized spacial score (nSPS) is 12.3. The van der Waals surface area contributed by atoms with Gasteiger partial charge >= 0.3 is 0 Å². The van der Waals surface area contributed by atoms with Crippen LogP contribution in [0.15, 0.2) is 41.3 Å². The minimum absolute atomic E-state index is 0.0529. The molecule has 0 radical (unpaired) electrons. The smallest absolute Gasteiger partial charge is 0.237 e. The lowest BCUT2D eigenvalue weighted by molar-refractivity contribution is -0.115. The molecule has 128 valence electrons. The van der Waals surface area contributed by atoms with Gasteiger partial charge in [0.25, 0.3) is 0 Å². The number of aryl methyl sites for hydroxylation is 3. The minimum Gasteiger partial charge on any atom is -0.325 e. The predicted molar refractivity (Wildman–Crippen MR) is 105 cm³/mol. The number of benzene rings is 2. The number of rotatable bonds is 5. The number of carbonyl (C=O) groups is 1. The SMILES string of the molecule is Cc1ccc(C)c(S[C@@H](C)C(=O)Nc2c(C)cccc2C(C)C)c1. The number of anilines is 1. The second-order valence-electron chi connectivity index (χ2n) is 6.71. The zero-order chi connectivity index (χ0) is 17.9. The fourth-order valence-corrected chi connectivity index (χ4v) is 3.70. The van der Waals surface area contributed by atoms with Crippen molar-refractivity contribution in [3.8, 4) is 0 Å². The van der Waals surface area contributed by atoms with Crippen molar-refractivity contribution >= 4 is 23.4 Å². The average molecular weight is 342 g/mol. The van der Waals surface area contributed by atoms with Gasteiger partial charge in [0, 0.05) is 10.6 Å². The summed E-state index contributed by atoms with van der Waals surface area (Å²) in [5, 5.41) is 3.01. The van der Waals surface area contributed by atoms with Crippen molar-refractivity contribution in [1.82, 2.24) is 0 Å². The maximum atomic E-state index is 12.7. The van der Waals surface area contributed by atoms with Gasteiger partial charge < -0.3 is 5.32 Å². The second kappa shape index (κ2) is 7.89. The summed E-state index contributed by atoms with van der Waals surface area (Å²) in [6, 6.07) is 12.6. The van der Waals surface area contributed by atoms with Crippen LogP contribution in [0, 0.1) is 20.8 Å². The Balaban J connectivity index is 2.17. The third-order valence-electron chi connectivity index (χ3n) is 4.19. The lowest BCUT2D eigenvalue weighted by atomic mass is 9.98. The predicted octanol–water partition coefficient (Wildman–Crippen LogP) is 5.85. The Bertz CT molecular complexity index is 737. The van der Waals surface area contributed by atoms with Gasteiger partial charge in [-0.05, 0) is 56.4 Å². The van der Waals surface area contributed by atoms with Gasteiger partial charge in [-0.1, -0.05) is 49.7 Å². The maximum absolute atomic E-state index is 12.7. The first kappa shape index (κ1) is 18.6. The van der Waals surface area contributed by atoms with Gasteiger partial charge in [-0.15, -0.1) is 11.8 Å². The Hall–Kier alpha value is -1.74. The van der Waals surface area contributed by atoms with Crippen LogP contribution in [-0.2, 0) is 4.79 Å². The van der Waals surface area contributed by atoms with Crippen molar-refractivity contribution in [2.24, 2.45) is 0 Å². The molecule has 1 amide bonds. The molecule has 0 aromatic heterocycles. The molecule has 0 aliphatic rings.